The topological polar surface area (TPSA) is 29.1 Å². The molecule has 0 radical (unpaired) electrons. The first kappa shape index (κ1) is 9.30. The van der Waals surface area contributed by atoms with Crippen molar-refractivity contribution in [1.29, 1.82) is 0 Å². The zero-order valence-corrected chi connectivity index (χ0v) is 7.89. The Kier molecular flexibility index (Phi) is 2.55. The zero-order valence-electron chi connectivity index (χ0n) is 7.89. The monoisotopic (exact) mass is 167 g/mol. The van der Waals surface area contributed by atoms with Gasteiger partial charge >= 0.3 is 0 Å². The second-order valence-corrected chi connectivity index (χ2v) is 4.07. The standard InChI is InChI=1S/C10H17NO/c1-4-10(2,3)8-5-6-9(12)11-7-8/h4,8H,1,5-7H2,2-3H3,(H,11,12). The summed E-state index contributed by atoms with van der Waals surface area (Å²) < 4.78 is 0. The second kappa shape index (κ2) is 3.30. The number of piperidine rings is 1. The van der Waals surface area contributed by atoms with Gasteiger partial charge in [-0.05, 0) is 17.8 Å². The highest BCUT2D eigenvalue weighted by Gasteiger charge is 2.29. The van der Waals surface area contributed by atoms with Gasteiger partial charge in [0, 0.05) is 13.0 Å². The molecule has 0 bridgehead atoms. The van der Waals surface area contributed by atoms with Gasteiger partial charge in [0.25, 0.3) is 0 Å². The number of hydrogen-bond acceptors (Lipinski definition) is 1. The van der Waals surface area contributed by atoms with Crippen molar-refractivity contribution < 1.29 is 4.79 Å². The molecule has 1 rings (SSSR count). The van der Waals surface area contributed by atoms with E-state index in [1.54, 1.807) is 0 Å². The van der Waals surface area contributed by atoms with E-state index in [4.69, 9.17) is 0 Å². The molecule has 0 aromatic heterocycles. The van der Waals surface area contributed by atoms with Gasteiger partial charge in [-0.2, -0.15) is 0 Å². The molecule has 0 aliphatic carbocycles. The SMILES string of the molecule is C=CC(C)(C)C1CCC(=O)NC1. The zero-order chi connectivity index (χ0) is 9.19. The first-order valence-electron chi connectivity index (χ1n) is 4.46. The van der Waals surface area contributed by atoms with Crippen molar-refractivity contribution in [3.8, 4) is 0 Å². The Hall–Kier alpha value is -0.790. The molecule has 12 heavy (non-hydrogen) atoms. The van der Waals surface area contributed by atoms with Gasteiger partial charge in [-0.15, -0.1) is 6.58 Å². The first-order valence-corrected chi connectivity index (χ1v) is 4.46. The molecule has 1 unspecified atom stereocenters. The molecule has 1 saturated heterocycles. The minimum atomic E-state index is 0.147. The maximum Gasteiger partial charge on any atom is 0.220 e. The van der Waals surface area contributed by atoms with Crippen LogP contribution >= 0.6 is 0 Å². The molecule has 1 aliphatic heterocycles. The van der Waals surface area contributed by atoms with Gasteiger partial charge < -0.3 is 5.32 Å². The van der Waals surface area contributed by atoms with Crippen LogP contribution in [0.15, 0.2) is 12.7 Å². The highest BCUT2D eigenvalue weighted by atomic mass is 16.1. The Bertz CT molecular complexity index is 186. The molecule has 2 heteroatoms. The summed E-state index contributed by atoms with van der Waals surface area (Å²) in [5.74, 6) is 0.735. The van der Waals surface area contributed by atoms with Crippen molar-refractivity contribution in [3.63, 3.8) is 0 Å². The Morgan fingerprint density at radius 3 is 2.75 bits per heavy atom. The molecular formula is C10H17NO. The molecule has 0 spiro atoms. The van der Waals surface area contributed by atoms with E-state index < -0.39 is 0 Å². The lowest BCUT2D eigenvalue weighted by molar-refractivity contribution is -0.123. The van der Waals surface area contributed by atoms with Crippen LogP contribution in [0.5, 0.6) is 0 Å². The summed E-state index contributed by atoms with van der Waals surface area (Å²) in [5.41, 5.74) is 0.147. The van der Waals surface area contributed by atoms with E-state index in [1.807, 2.05) is 6.08 Å². The lowest BCUT2D eigenvalue weighted by atomic mass is 9.75. The third-order valence-electron chi connectivity index (χ3n) is 2.84. The molecule has 2 nitrogen and oxygen atoms in total. The van der Waals surface area contributed by atoms with E-state index in [0.717, 1.165) is 13.0 Å². The quantitative estimate of drug-likeness (QED) is 0.623. The fourth-order valence-corrected chi connectivity index (χ4v) is 1.53. The fraction of sp³-hybridized carbons (Fsp3) is 0.700. The number of nitrogens with one attached hydrogen (secondary N) is 1. The highest BCUT2D eigenvalue weighted by Crippen LogP contribution is 2.32. The van der Waals surface area contributed by atoms with Crippen LogP contribution in [-0.4, -0.2) is 12.5 Å². The molecular weight excluding hydrogens is 150 g/mol. The van der Waals surface area contributed by atoms with Crippen molar-refractivity contribution in [3.05, 3.63) is 12.7 Å². The largest absolute Gasteiger partial charge is 0.356 e. The summed E-state index contributed by atoms with van der Waals surface area (Å²) in [4.78, 5) is 10.9. The molecule has 68 valence electrons. The maximum absolute atomic E-state index is 10.9. The van der Waals surface area contributed by atoms with E-state index in [9.17, 15) is 4.79 Å². The molecule has 1 heterocycles. The Balaban J connectivity index is 2.54. The maximum atomic E-state index is 10.9. The number of carbonyl (C=O) groups excluding carboxylic acids is 1. The summed E-state index contributed by atoms with van der Waals surface area (Å²) in [6.07, 6.45) is 3.64. The first-order chi connectivity index (χ1) is 5.56. The number of allylic oxidation sites excluding steroid dienone is 1. The number of rotatable bonds is 2. The second-order valence-electron chi connectivity index (χ2n) is 4.07. The van der Waals surface area contributed by atoms with E-state index >= 15 is 0 Å². The van der Waals surface area contributed by atoms with Crippen molar-refractivity contribution in [2.45, 2.75) is 26.7 Å². The van der Waals surface area contributed by atoms with Crippen molar-refractivity contribution in [1.82, 2.24) is 5.32 Å². The lowest BCUT2D eigenvalue weighted by Crippen LogP contribution is -2.40. The van der Waals surface area contributed by atoms with Gasteiger partial charge in [0.1, 0.15) is 0 Å². The normalized spacial score (nSPS) is 24.8. The molecule has 1 aliphatic rings. The van der Waals surface area contributed by atoms with E-state index in [0.29, 0.717) is 12.3 Å². The van der Waals surface area contributed by atoms with Gasteiger partial charge in [-0.3, -0.25) is 4.79 Å². The van der Waals surface area contributed by atoms with Crippen LogP contribution < -0.4 is 5.32 Å². The van der Waals surface area contributed by atoms with Crippen molar-refractivity contribution >= 4 is 5.91 Å². The Morgan fingerprint density at radius 1 is 1.67 bits per heavy atom. The van der Waals surface area contributed by atoms with Gasteiger partial charge in [0.05, 0.1) is 0 Å². The number of carbonyl (C=O) groups is 1. The van der Waals surface area contributed by atoms with Crippen LogP contribution in [-0.2, 0) is 4.79 Å². The van der Waals surface area contributed by atoms with Crippen LogP contribution in [0.4, 0.5) is 0 Å². The lowest BCUT2D eigenvalue weighted by Gasteiger charge is -2.34. The fourth-order valence-electron chi connectivity index (χ4n) is 1.53. The third-order valence-corrected chi connectivity index (χ3v) is 2.84. The van der Waals surface area contributed by atoms with E-state index in [-0.39, 0.29) is 11.3 Å². The molecule has 1 amide bonds. The Morgan fingerprint density at radius 2 is 2.33 bits per heavy atom. The predicted octanol–water partition coefficient (Wildman–Crippen LogP) is 1.72. The molecule has 0 aromatic carbocycles. The molecule has 0 saturated carbocycles. The summed E-state index contributed by atoms with van der Waals surface area (Å²) in [5, 5.41) is 2.89. The van der Waals surface area contributed by atoms with Gasteiger partial charge in [0.15, 0.2) is 0 Å². The molecule has 1 N–H and O–H groups in total. The molecule has 0 aromatic rings. The summed E-state index contributed by atoms with van der Waals surface area (Å²) >= 11 is 0. The molecule has 1 fully saturated rings. The summed E-state index contributed by atoms with van der Waals surface area (Å²) in [6.45, 7) is 8.95. The number of hydrogen-bond donors (Lipinski definition) is 1. The van der Waals surface area contributed by atoms with Crippen LogP contribution in [0.2, 0.25) is 0 Å². The smallest absolute Gasteiger partial charge is 0.220 e. The van der Waals surface area contributed by atoms with Gasteiger partial charge in [0.2, 0.25) is 5.91 Å². The van der Waals surface area contributed by atoms with Crippen LogP contribution in [0, 0.1) is 11.3 Å². The highest BCUT2D eigenvalue weighted by molar-refractivity contribution is 5.76. The number of amides is 1. The van der Waals surface area contributed by atoms with Gasteiger partial charge in [-0.1, -0.05) is 19.9 Å². The van der Waals surface area contributed by atoms with Crippen molar-refractivity contribution in [2.24, 2.45) is 11.3 Å². The summed E-state index contributed by atoms with van der Waals surface area (Å²) in [6, 6.07) is 0. The van der Waals surface area contributed by atoms with E-state index in [1.165, 1.54) is 0 Å². The minimum absolute atomic E-state index is 0.147. The predicted molar refractivity (Wildman–Crippen MR) is 49.7 cm³/mol. The van der Waals surface area contributed by atoms with Crippen LogP contribution in [0.25, 0.3) is 0 Å². The average Bonchev–Trinajstić information content (AvgIpc) is 2.05. The van der Waals surface area contributed by atoms with Gasteiger partial charge in [-0.25, -0.2) is 0 Å². The summed E-state index contributed by atoms with van der Waals surface area (Å²) in [7, 11) is 0. The minimum Gasteiger partial charge on any atom is -0.356 e. The Labute approximate surface area is 74.0 Å². The van der Waals surface area contributed by atoms with Crippen LogP contribution in [0.3, 0.4) is 0 Å². The molecule has 1 atom stereocenters. The van der Waals surface area contributed by atoms with Crippen molar-refractivity contribution in [2.75, 3.05) is 6.54 Å². The van der Waals surface area contributed by atoms with Crippen LogP contribution in [0.1, 0.15) is 26.7 Å². The average molecular weight is 167 g/mol. The van der Waals surface area contributed by atoms with E-state index in [2.05, 4.69) is 25.7 Å². The third kappa shape index (κ3) is 1.87.